The number of pyridine rings is 1. The molecule has 1 atom stereocenters. The highest BCUT2D eigenvalue weighted by Crippen LogP contribution is 2.25. The maximum absolute atomic E-state index is 12.2. The maximum atomic E-state index is 12.2. The van der Waals surface area contributed by atoms with Gasteiger partial charge in [-0.3, -0.25) is 14.6 Å². The van der Waals surface area contributed by atoms with E-state index in [9.17, 15) is 9.59 Å². The van der Waals surface area contributed by atoms with E-state index >= 15 is 0 Å². The van der Waals surface area contributed by atoms with Crippen LogP contribution in [0, 0.1) is 0 Å². The van der Waals surface area contributed by atoms with Gasteiger partial charge in [-0.15, -0.1) is 11.8 Å². The highest BCUT2D eigenvalue weighted by Gasteiger charge is 2.21. The third-order valence-electron chi connectivity index (χ3n) is 4.09. The van der Waals surface area contributed by atoms with Crippen LogP contribution < -0.4 is 10.6 Å². The molecule has 1 saturated heterocycles. The summed E-state index contributed by atoms with van der Waals surface area (Å²) in [5.74, 6) is 1.02. The maximum Gasteiger partial charge on any atom is 0.255 e. The van der Waals surface area contributed by atoms with Crippen molar-refractivity contribution in [3.8, 4) is 0 Å². The molecule has 0 saturated carbocycles. The smallest absolute Gasteiger partial charge is 0.255 e. The van der Waals surface area contributed by atoms with Crippen LogP contribution in [-0.2, 0) is 11.3 Å². The highest BCUT2D eigenvalue weighted by atomic mass is 32.2. The van der Waals surface area contributed by atoms with Gasteiger partial charge in [0.05, 0.1) is 5.25 Å². The Hall–Kier alpha value is -2.34. The molecule has 130 valence electrons. The molecule has 1 aromatic heterocycles. The van der Waals surface area contributed by atoms with E-state index < -0.39 is 0 Å². The van der Waals surface area contributed by atoms with Crippen LogP contribution in [0.2, 0.25) is 0 Å². The molecule has 0 bridgehead atoms. The van der Waals surface area contributed by atoms with Crippen molar-refractivity contribution >= 4 is 29.3 Å². The number of hydrogen-bond acceptors (Lipinski definition) is 4. The Morgan fingerprint density at radius 2 is 1.84 bits per heavy atom. The van der Waals surface area contributed by atoms with Crippen molar-refractivity contribution in [2.24, 2.45) is 0 Å². The second-order valence-electron chi connectivity index (χ2n) is 5.96. The van der Waals surface area contributed by atoms with Crippen molar-refractivity contribution in [1.82, 2.24) is 10.3 Å². The number of thioether (sulfide) groups is 1. The van der Waals surface area contributed by atoms with E-state index in [4.69, 9.17) is 0 Å². The van der Waals surface area contributed by atoms with Crippen LogP contribution in [0.25, 0.3) is 0 Å². The Labute approximate surface area is 151 Å². The van der Waals surface area contributed by atoms with Crippen molar-refractivity contribution < 1.29 is 9.59 Å². The number of rotatable bonds is 5. The molecule has 0 radical (unpaired) electrons. The van der Waals surface area contributed by atoms with E-state index in [0.29, 0.717) is 17.8 Å². The molecule has 0 aliphatic carbocycles. The minimum atomic E-state index is -0.166. The Bertz CT molecular complexity index is 713. The summed E-state index contributed by atoms with van der Waals surface area (Å²) >= 11 is 1.74. The Balaban J connectivity index is 1.51. The van der Waals surface area contributed by atoms with Gasteiger partial charge in [0.1, 0.15) is 0 Å². The Morgan fingerprint density at radius 3 is 2.52 bits per heavy atom. The van der Waals surface area contributed by atoms with Gasteiger partial charge < -0.3 is 10.6 Å². The van der Waals surface area contributed by atoms with Gasteiger partial charge in [0.2, 0.25) is 5.91 Å². The molecule has 1 aliphatic rings. The summed E-state index contributed by atoms with van der Waals surface area (Å²) in [6.07, 6.45) is 6.56. The molecule has 1 aliphatic heterocycles. The van der Waals surface area contributed by atoms with Crippen LogP contribution in [0.4, 0.5) is 5.69 Å². The summed E-state index contributed by atoms with van der Waals surface area (Å²) in [7, 11) is 0. The van der Waals surface area contributed by atoms with Crippen LogP contribution >= 0.6 is 11.8 Å². The molecule has 2 heterocycles. The zero-order chi connectivity index (χ0) is 17.5. The van der Waals surface area contributed by atoms with Crippen molar-refractivity contribution in [2.45, 2.75) is 31.1 Å². The van der Waals surface area contributed by atoms with Crippen LogP contribution in [0.15, 0.2) is 48.8 Å². The molecule has 2 amide bonds. The molecule has 2 N–H and O–H groups in total. The third-order valence-corrected chi connectivity index (χ3v) is 5.47. The van der Waals surface area contributed by atoms with Crippen molar-refractivity contribution in [2.75, 3.05) is 11.1 Å². The van der Waals surface area contributed by atoms with E-state index in [2.05, 4.69) is 15.6 Å². The first-order chi connectivity index (χ1) is 12.2. The summed E-state index contributed by atoms with van der Waals surface area (Å²) in [6.45, 7) is 0.488. The number of nitrogens with one attached hydrogen (secondary N) is 2. The molecule has 2 aromatic rings. The van der Waals surface area contributed by atoms with E-state index in [1.54, 1.807) is 48.4 Å². The topological polar surface area (TPSA) is 71.1 Å². The first kappa shape index (κ1) is 17.5. The fraction of sp³-hybridized carbons (Fsp3) is 0.316. The molecule has 5 nitrogen and oxygen atoms in total. The fourth-order valence-corrected chi connectivity index (χ4v) is 3.89. The highest BCUT2D eigenvalue weighted by molar-refractivity contribution is 8.00. The average molecular weight is 355 g/mol. The number of aromatic nitrogens is 1. The lowest BCUT2D eigenvalue weighted by Gasteiger charge is -2.20. The van der Waals surface area contributed by atoms with Crippen molar-refractivity contribution in [1.29, 1.82) is 0 Å². The number of carbonyl (C=O) groups is 2. The lowest BCUT2D eigenvalue weighted by molar-refractivity contribution is -0.120. The number of amides is 2. The quantitative estimate of drug-likeness (QED) is 0.864. The predicted octanol–water partition coefficient (Wildman–Crippen LogP) is 3.24. The zero-order valence-electron chi connectivity index (χ0n) is 13.9. The fourth-order valence-electron chi connectivity index (χ4n) is 2.66. The Morgan fingerprint density at radius 1 is 1.08 bits per heavy atom. The normalized spacial score (nSPS) is 16.9. The number of nitrogens with zero attached hydrogens (tertiary/aromatic N) is 1. The minimum Gasteiger partial charge on any atom is -0.351 e. The minimum absolute atomic E-state index is 0.0826. The van der Waals surface area contributed by atoms with Gasteiger partial charge in [-0.2, -0.15) is 0 Å². The van der Waals surface area contributed by atoms with Gasteiger partial charge in [-0.05, 0) is 48.4 Å². The molecule has 25 heavy (non-hydrogen) atoms. The summed E-state index contributed by atoms with van der Waals surface area (Å²) in [6, 6.07) is 10.8. The molecule has 1 aromatic carbocycles. The van der Waals surface area contributed by atoms with Gasteiger partial charge in [-0.1, -0.05) is 18.6 Å². The lowest BCUT2D eigenvalue weighted by Crippen LogP contribution is -2.33. The summed E-state index contributed by atoms with van der Waals surface area (Å²) in [4.78, 5) is 28.3. The van der Waals surface area contributed by atoms with Crippen molar-refractivity contribution in [3.63, 3.8) is 0 Å². The van der Waals surface area contributed by atoms with E-state index in [-0.39, 0.29) is 17.1 Å². The molecule has 1 unspecified atom stereocenters. The number of anilines is 1. The van der Waals surface area contributed by atoms with Gasteiger partial charge in [0, 0.05) is 30.2 Å². The summed E-state index contributed by atoms with van der Waals surface area (Å²) in [5, 5.41) is 5.89. The molecule has 3 rings (SSSR count). The lowest BCUT2D eigenvalue weighted by atomic mass is 10.1. The van der Waals surface area contributed by atoms with Crippen LogP contribution in [-0.4, -0.2) is 27.8 Å². The zero-order valence-corrected chi connectivity index (χ0v) is 14.7. The SMILES string of the molecule is O=C(Nc1ccncc1)c1ccc(CNC(=O)C2CCCCS2)cc1. The average Bonchev–Trinajstić information content (AvgIpc) is 2.68. The van der Waals surface area contributed by atoms with E-state index in [0.717, 1.165) is 24.2 Å². The number of benzene rings is 1. The monoisotopic (exact) mass is 355 g/mol. The largest absolute Gasteiger partial charge is 0.351 e. The molecule has 6 heteroatoms. The predicted molar refractivity (Wildman–Crippen MR) is 101 cm³/mol. The van der Waals surface area contributed by atoms with Gasteiger partial charge in [0.25, 0.3) is 5.91 Å². The second-order valence-corrected chi connectivity index (χ2v) is 7.27. The molecular formula is C19H21N3O2S. The third kappa shape index (κ3) is 5.06. The van der Waals surface area contributed by atoms with Crippen molar-refractivity contribution in [3.05, 3.63) is 59.9 Å². The first-order valence-corrected chi connectivity index (χ1v) is 9.47. The molecule has 0 spiro atoms. The standard InChI is InChI=1S/C19H21N3O2S/c23-18(22-16-8-10-20-11-9-16)15-6-4-14(5-7-15)13-21-19(24)17-3-1-2-12-25-17/h4-11,17H,1-3,12-13H2,(H,21,24)(H,20,22,23). The molecular weight excluding hydrogens is 334 g/mol. The number of carbonyl (C=O) groups excluding carboxylic acids is 2. The summed E-state index contributed by atoms with van der Waals surface area (Å²) < 4.78 is 0. The van der Waals surface area contributed by atoms with E-state index in [1.807, 2.05) is 12.1 Å². The number of hydrogen-bond donors (Lipinski definition) is 2. The van der Waals surface area contributed by atoms with Crippen LogP contribution in [0.1, 0.15) is 35.2 Å². The van der Waals surface area contributed by atoms with Crippen LogP contribution in [0.5, 0.6) is 0 Å². The molecule has 1 fully saturated rings. The van der Waals surface area contributed by atoms with Crippen LogP contribution in [0.3, 0.4) is 0 Å². The van der Waals surface area contributed by atoms with Gasteiger partial charge >= 0.3 is 0 Å². The van der Waals surface area contributed by atoms with E-state index in [1.165, 1.54) is 6.42 Å². The van der Waals surface area contributed by atoms with Gasteiger partial charge in [-0.25, -0.2) is 0 Å². The van der Waals surface area contributed by atoms with Gasteiger partial charge in [0.15, 0.2) is 0 Å². The Kier molecular flexibility index (Phi) is 6.06. The first-order valence-electron chi connectivity index (χ1n) is 8.42. The second kappa shape index (κ2) is 8.67. The summed E-state index contributed by atoms with van der Waals surface area (Å²) in [5.41, 5.74) is 2.27.